The lowest BCUT2D eigenvalue weighted by molar-refractivity contribution is 0.682. The van der Waals surface area contributed by atoms with Crippen molar-refractivity contribution in [3.05, 3.63) is 72.3 Å². The predicted molar refractivity (Wildman–Crippen MR) is 75.7 cm³/mol. The number of hydrogen-bond acceptors (Lipinski definition) is 3. The molecule has 0 saturated carbocycles. The Labute approximate surface area is 116 Å². The second-order valence-electron chi connectivity index (χ2n) is 4.44. The minimum Gasteiger partial charge on any atom is -0.247 e. The quantitative estimate of drug-likeness (QED) is 0.727. The number of nitriles is 1. The molecule has 0 radical (unpaired) electrons. The van der Waals surface area contributed by atoms with Crippen molar-refractivity contribution in [1.82, 2.24) is 14.8 Å². The van der Waals surface area contributed by atoms with Gasteiger partial charge in [0, 0.05) is 0 Å². The van der Waals surface area contributed by atoms with Gasteiger partial charge in [-0.3, -0.25) is 0 Å². The van der Waals surface area contributed by atoms with Crippen molar-refractivity contribution in [3.63, 3.8) is 0 Å². The van der Waals surface area contributed by atoms with Crippen LogP contribution in [0.25, 0.3) is 11.1 Å². The van der Waals surface area contributed by atoms with Crippen LogP contribution in [0.1, 0.15) is 11.4 Å². The number of benzene rings is 2. The van der Waals surface area contributed by atoms with Gasteiger partial charge in [0.2, 0.25) is 0 Å². The molecule has 1 heterocycles. The molecule has 0 amide bonds. The summed E-state index contributed by atoms with van der Waals surface area (Å²) in [5.41, 5.74) is 3.51. The van der Waals surface area contributed by atoms with Gasteiger partial charge in [0.25, 0.3) is 5.82 Å². The molecule has 0 aliphatic carbocycles. The third-order valence-corrected chi connectivity index (χ3v) is 3.04. The molecule has 3 aromatic rings. The van der Waals surface area contributed by atoms with Crippen molar-refractivity contribution in [2.75, 3.05) is 0 Å². The van der Waals surface area contributed by atoms with Gasteiger partial charge in [0.05, 0.1) is 6.54 Å². The standard InChI is InChI=1S/C16H12N4/c17-10-16-18-12-20(19-16)11-13-6-8-15(9-7-13)14-4-2-1-3-5-14/h1-9,12H,11H2. The maximum atomic E-state index is 8.69. The van der Waals surface area contributed by atoms with Gasteiger partial charge in [-0.05, 0) is 16.7 Å². The minimum atomic E-state index is 0.200. The Morgan fingerprint density at radius 3 is 2.30 bits per heavy atom. The van der Waals surface area contributed by atoms with Crippen LogP contribution in [0.4, 0.5) is 0 Å². The molecule has 0 N–H and O–H groups in total. The molecule has 3 rings (SSSR count). The van der Waals surface area contributed by atoms with Crippen molar-refractivity contribution in [1.29, 1.82) is 5.26 Å². The fraction of sp³-hybridized carbons (Fsp3) is 0.0625. The second-order valence-corrected chi connectivity index (χ2v) is 4.44. The Bertz CT molecular complexity index is 736. The van der Waals surface area contributed by atoms with Crippen LogP contribution < -0.4 is 0 Å². The fourth-order valence-electron chi connectivity index (χ4n) is 2.04. The van der Waals surface area contributed by atoms with Crippen LogP contribution in [-0.2, 0) is 6.54 Å². The molecule has 0 aliphatic rings. The summed E-state index contributed by atoms with van der Waals surface area (Å²) >= 11 is 0. The third kappa shape index (κ3) is 2.57. The highest BCUT2D eigenvalue weighted by molar-refractivity contribution is 5.63. The lowest BCUT2D eigenvalue weighted by atomic mass is 10.0. The summed E-state index contributed by atoms with van der Waals surface area (Å²) in [7, 11) is 0. The summed E-state index contributed by atoms with van der Waals surface area (Å²) < 4.78 is 1.66. The molecule has 0 spiro atoms. The van der Waals surface area contributed by atoms with Gasteiger partial charge in [0.15, 0.2) is 0 Å². The molecule has 96 valence electrons. The zero-order valence-electron chi connectivity index (χ0n) is 10.8. The lowest BCUT2D eigenvalue weighted by Gasteiger charge is -2.04. The van der Waals surface area contributed by atoms with Crippen LogP contribution >= 0.6 is 0 Å². The highest BCUT2D eigenvalue weighted by atomic mass is 15.3. The highest BCUT2D eigenvalue weighted by Gasteiger charge is 2.01. The van der Waals surface area contributed by atoms with Gasteiger partial charge in [-0.2, -0.15) is 5.26 Å². The maximum absolute atomic E-state index is 8.69. The topological polar surface area (TPSA) is 54.5 Å². The molecule has 2 aromatic carbocycles. The molecule has 0 fully saturated rings. The van der Waals surface area contributed by atoms with Crippen molar-refractivity contribution in [3.8, 4) is 17.2 Å². The number of nitrogens with zero attached hydrogens (tertiary/aromatic N) is 4. The SMILES string of the molecule is N#Cc1ncn(Cc2ccc(-c3ccccc3)cc2)n1. The molecular weight excluding hydrogens is 248 g/mol. The van der Waals surface area contributed by atoms with E-state index in [2.05, 4.69) is 46.5 Å². The average molecular weight is 260 g/mol. The Hall–Kier alpha value is -2.93. The first kappa shape index (κ1) is 12.1. The van der Waals surface area contributed by atoms with E-state index in [4.69, 9.17) is 5.26 Å². The molecular formula is C16H12N4. The Morgan fingerprint density at radius 2 is 1.65 bits per heavy atom. The van der Waals surface area contributed by atoms with Gasteiger partial charge >= 0.3 is 0 Å². The van der Waals surface area contributed by atoms with Crippen LogP contribution in [0.2, 0.25) is 0 Å². The van der Waals surface area contributed by atoms with Crippen LogP contribution in [0, 0.1) is 11.3 Å². The molecule has 0 unspecified atom stereocenters. The van der Waals surface area contributed by atoms with Gasteiger partial charge in [-0.15, -0.1) is 5.10 Å². The Morgan fingerprint density at radius 1 is 0.950 bits per heavy atom. The minimum absolute atomic E-state index is 0.200. The summed E-state index contributed by atoms with van der Waals surface area (Å²) in [6, 6.07) is 20.5. The van der Waals surface area contributed by atoms with E-state index in [9.17, 15) is 0 Å². The van der Waals surface area contributed by atoms with Crippen LogP contribution in [0.3, 0.4) is 0 Å². The highest BCUT2D eigenvalue weighted by Crippen LogP contribution is 2.19. The Balaban J connectivity index is 1.78. The zero-order valence-corrected chi connectivity index (χ0v) is 10.8. The van der Waals surface area contributed by atoms with E-state index in [0.29, 0.717) is 6.54 Å². The van der Waals surface area contributed by atoms with Gasteiger partial charge in [-0.1, -0.05) is 54.6 Å². The van der Waals surface area contributed by atoms with Crippen LogP contribution in [0.15, 0.2) is 60.9 Å². The summed E-state index contributed by atoms with van der Waals surface area (Å²) in [4.78, 5) is 3.89. The largest absolute Gasteiger partial charge is 0.252 e. The predicted octanol–water partition coefficient (Wildman–Crippen LogP) is 2.87. The average Bonchev–Trinajstić information content (AvgIpc) is 2.97. The third-order valence-electron chi connectivity index (χ3n) is 3.04. The molecule has 4 heteroatoms. The van der Waals surface area contributed by atoms with Gasteiger partial charge in [0.1, 0.15) is 12.4 Å². The van der Waals surface area contributed by atoms with E-state index in [1.54, 1.807) is 11.0 Å². The number of rotatable bonds is 3. The molecule has 4 nitrogen and oxygen atoms in total. The summed E-state index contributed by atoms with van der Waals surface area (Å²) in [5.74, 6) is 0.200. The monoisotopic (exact) mass is 260 g/mol. The number of aromatic nitrogens is 3. The molecule has 0 bridgehead atoms. The first-order valence-corrected chi connectivity index (χ1v) is 6.29. The first-order chi connectivity index (χ1) is 9.85. The molecule has 20 heavy (non-hydrogen) atoms. The van der Waals surface area contributed by atoms with E-state index in [0.717, 1.165) is 5.56 Å². The van der Waals surface area contributed by atoms with Crippen LogP contribution in [0.5, 0.6) is 0 Å². The van der Waals surface area contributed by atoms with Crippen LogP contribution in [-0.4, -0.2) is 14.8 Å². The smallest absolute Gasteiger partial charge is 0.247 e. The maximum Gasteiger partial charge on any atom is 0.252 e. The van der Waals surface area contributed by atoms with Crippen molar-refractivity contribution < 1.29 is 0 Å². The van der Waals surface area contributed by atoms with Gasteiger partial charge < -0.3 is 0 Å². The van der Waals surface area contributed by atoms with E-state index >= 15 is 0 Å². The Kier molecular flexibility index (Phi) is 3.25. The second kappa shape index (κ2) is 5.37. The number of hydrogen-bond donors (Lipinski definition) is 0. The van der Waals surface area contributed by atoms with E-state index in [1.807, 2.05) is 24.3 Å². The van der Waals surface area contributed by atoms with E-state index < -0.39 is 0 Å². The van der Waals surface area contributed by atoms with E-state index in [1.165, 1.54) is 11.1 Å². The molecule has 1 aromatic heterocycles. The van der Waals surface area contributed by atoms with Gasteiger partial charge in [-0.25, -0.2) is 9.67 Å². The summed E-state index contributed by atoms with van der Waals surface area (Å²) in [6.45, 7) is 0.615. The zero-order chi connectivity index (χ0) is 13.8. The van der Waals surface area contributed by atoms with Crippen molar-refractivity contribution in [2.45, 2.75) is 6.54 Å². The lowest BCUT2D eigenvalue weighted by Crippen LogP contribution is -2.00. The normalized spacial score (nSPS) is 10.2. The van der Waals surface area contributed by atoms with Crippen molar-refractivity contribution in [2.24, 2.45) is 0 Å². The summed E-state index contributed by atoms with van der Waals surface area (Å²) in [6.07, 6.45) is 1.57. The molecule has 0 aliphatic heterocycles. The fourth-order valence-corrected chi connectivity index (χ4v) is 2.04. The van der Waals surface area contributed by atoms with E-state index in [-0.39, 0.29) is 5.82 Å². The molecule has 0 atom stereocenters. The van der Waals surface area contributed by atoms with Crippen molar-refractivity contribution >= 4 is 0 Å². The first-order valence-electron chi connectivity index (χ1n) is 6.29. The molecule has 0 saturated heterocycles. The summed E-state index contributed by atoms with van der Waals surface area (Å²) in [5, 5.41) is 12.7.